The summed E-state index contributed by atoms with van der Waals surface area (Å²) in [4.78, 5) is 27.4. The number of halogens is 1. The zero-order valence-corrected chi connectivity index (χ0v) is 18.8. The minimum absolute atomic E-state index is 0.151. The summed E-state index contributed by atoms with van der Waals surface area (Å²) in [6, 6.07) is 12.0. The van der Waals surface area contributed by atoms with Gasteiger partial charge in [-0.25, -0.2) is 0 Å². The van der Waals surface area contributed by atoms with Crippen molar-refractivity contribution in [1.29, 1.82) is 0 Å². The molecule has 2 amide bonds. The van der Waals surface area contributed by atoms with Crippen LogP contribution in [-0.2, 0) is 11.3 Å². The molecule has 0 aliphatic carbocycles. The Hall–Kier alpha value is -2.18. The maximum Gasteiger partial charge on any atom is 0.251 e. The number of ether oxygens (including phenoxy) is 1. The first-order valence-corrected chi connectivity index (χ1v) is 11.1. The van der Waals surface area contributed by atoms with E-state index in [1.54, 1.807) is 55.1 Å². The predicted molar refractivity (Wildman–Crippen MR) is 120 cm³/mol. The second-order valence-corrected chi connectivity index (χ2v) is 8.25. The summed E-state index contributed by atoms with van der Waals surface area (Å²) in [7, 11) is 3.30. The van der Waals surface area contributed by atoms with Gasteiger partial charge < -0.3 is 15.0 Å². The van der Waals surface area contributed by atoms with E-state index < -0.39 is 6.04 Å². The second-order valence-electron chi connectivity index (χ2n) is 6.83. The van der Waals surface area contributed by atoms with Crippen LogP contribution in [0, 0.1) is 6.92 Å². The van der Waals surface area contributed by atoms with Gasteiger partial charge in [-0.1, -0.05) is 29.3 Å². The Balaban J connectivity index is 2.15. The molecule has 0 aromatic heterocycles. The summed E-state index contributed by atoms with van der Waals surface area (Å²) in [5.41, 5.74) is 2.35. The van der Waals surface area contributed by atoms with Crippen molar-refractivity contribution in [3.8, 4) is 5.75 Å². The highest BCUT2D eigenvalue weighted by atomic mass is 35.5. The Morgan fingerprint density at radius 2 is 2.00 bits per heavy atom. The predicted octanol–water partition coefficient (Wildman–Crippen LogP) is 4.17. The number of nitrogens with zero attached hydrogens (tertiary/aromatic N) is 1. The van der Waals surface area contributed by atoms with Gasteiger partial charge in [-0.15, -0.1) is 0 Å². The van der Waals surface area contributed by atoms with Crippen molar-refractivity contribution in [2.24, 2.45) is 0 Å². The van der Waals surface area contributed by atoms with Gasteiger partial charge in [0.05, 0.1) is 7.11 Å². The van der Waals surface area contributed by atoms with Gasteiger partial charge in [-0.3, -0.25) is 9.59 Å². The third-order valence-corrected chi connectivity index (χ3v) is 5.40. The molecule has 0 bridgehead atoms. The Kier molecular flexibility index (Phi) is 8.86. The lowest BCUT2D eigenvalue weighted by Crippen LogP contribution is -2.47. The van der Waals surface area contributed by atoms with E-state index >= 15 is 0 Å². The first-order valence-electron chi connectivity index (χ1n) is 9.29. The summed E-state index contributed by atoms with van der Waals surface area (Å²) >= 11 is 7.74. The molecular weight excluding hydrogens is 408 g/mol. The minimum Gasteiger partial charge on any atom is -0.496 e. The molecule has 29 heavy (non-hydrogen) atoms. The minimum atomic E-state index is -0.606. The van der Waals surface area contributed by atoms with Crippen LogP contribution in [0.15, 0.2) is 42.5 Å². The van der Waals surface area contributed by atoms with Crippen LogP contribution in [0.4, 0.5) is 0 Å². The molecule has 0 saturated carbocycles. The van der Waals surface area contributed by atoms with Crippen molar-refractivity contribution >= 4 is 35.2 Å². The normalized spacial score (nSPS) is 11.6. The first-order chi connectivity index (χ1) is 13.8. The third kappa shape index (κ3) is 6.68. The zero-order valence-electron chi connectivity index (χ0n) is 17.2. The fraction of sp³-hybridized carbons (Fsp3) is 0.364. The molecule has 0 saturated heterocycles. The molecule has 2 aromatic rings. The van der Waals surface area contributed by atoms with E-state index in [1.165, 1.54) is 0 Å². The van der Waals surface area contributed by atoms with Crippen LogP contribution in [0.1, 0.15) is 27.9 Å². The van der Waals surface area contributed by atoms with Crippen LogP contribution in [-0.4, -0.2) is 48.9 Å². The number of thioether (sulfide) groups is 1. The number of carbonyl (C=O) groups is 2. The van der Waals surface area contributed by atoms with Crippen LogP contribution in [0.2, 0.25) is 5.02 Å². The quantitative estimate of drug-likeness (QED) is 0.643. The third-order valence-electron chi connectivity index (χ3n) is 4.52. The number of aryl methyl sites for hydroxylation is 1. The molecule has 1 atom stereocenters. The topological polar surface area (TPSA) is 58.6 Å². The van der Waals surface area contributed by atoms with E-state index in [9.17, 15) is 9.59 Å². The molecule has 5 nitrogen and oxygen atoms in total. The lowest BCUT2D eigenvalue weighted by atomic mass is 10.1. The molecule has 0 heterocycles. The van der Waals surface area contributed by atoms with Crippen molar-refractivity contribution in [1.82, 2.24) is 10.2 Å². The average molecular weight is 435 g/mol. The maximum atomic E-state index is 13.1. The molecular formula is C22H27ClN2O3S. The Labute approximate surface area is 181 Å². The fourth-order valence-electron chi connectivity index (χ4n) is 2.99. The summed E-state index contributed by atoms with van der Waals surface area (Å²) in [5, 5.41) is 3.48. The number of methoxy groups -OCH3 is 1. The number of carbonyl (C=O) groups excluding carboxylic acids is 2. The van der Waals surface area contributed by atoms with E-state index in [2.05, 4.69) is 5.32 Å². The van der Waals surface area contributed by atoms with Crippen LogP contribution < -0.4 is 10.1 Å². The van der Waals surface area contributed by atoms with Gasteiger partial charge in [-0.05, 0) is 55.7 Å². The highest BCUT2D eigenvalue weighted by molar-refractivity contribution is 7.98. The summed E-state index contributed by atoms with van der Waals surface area (Å²) in [6.45, 7) is 2.26. The van der Waals surface area contributed by atoms with Crippen molar-refractivity contribution < 1.29 is 14.3 Å². The molecule has 0 aliphatic rings. The van der Waals surface area contributed by atoms with Crippen molar-refractivity contribution in [2.75, 3.05) is 26.2 Å². The number of nitrogens with one attached hydrogen (secondary N) is 1. The van der Waals surface area contributed by atoms with Gasteiger partial charge >= 0.3 is 0 Å². The van der Waals surface area contributed by atoms with Crippen LogP contribution in [0.5, 0.6) is 5.75 Å². The van der Waals surface area contributed by atoms with Crippen molar-refractivity contribution in [3.05, 3.63) is 64.2 Å². The van der Waals surface area contributed by atoms with Gasteiger partial charge in [-0.2, -0.15) is 11.8 Å². The number of amides is 2. The number of rotatable bonds is 9. The number of hydrogen-bond donors (Lipinski definition) is 1. The largest absolute Gasteiger partial charge is 0.496 e. The first kappa shape index (κ1) is 23.1. The average Bonchev–Trinajstić information content (AvgIpc) is 2.70. The monoisotopic (exact) mass is 434 g/mol. The van der Waals surface area contributed by atoms with E-state index in [0.717, 1.165) is 16.9 Å². The smallest absolute Gasteiger partial charge is 0.251 e. The molecule has 1 unspecified atom stereocenters. The Bertz CT molecular complexity index is 860. The van der Waals surface area contributed by atoms with E-state index in [1.807, 2.05) is 31.4 Å². The number of hydrogen-bond acceptors (Lipinski definition) is 4. The molecule has 0 aliphatic heterocycles. The van der Waals surface area contributed by atoms with E-state index in [-0.39, 0.29) is 11.8 Å². The zero-order chi connectivity index (χ0) is 21.4. The van der Waals surface area contributed by atoms with Gasteiger partial charge in [0.2, 0.25) is 5.91 Å². The van der Waals surface area contributed by atoms with Gasteiger partial charge in [0.15, 0.2) is 0 Å². The number of benzene rings is 2. The molecule has 1 N–H and O–H groups in total. The molecule has 2 rings (SSSR count). The fourth-order valence-corrected chi connectivity index (χ4v) is 3.66. The van der Waals surface area contributed by atoms with Gasteiger partial charge in [0.1, 0.15) is 11.8 Å². The van der Waals surface area contributed by atoms with E-state index in [0.29, 0.717) is 29.3 Å². The highest BCUT2D eigenvalue weighted by Crippen LogP contribution is 2.24. The number of likely N-dealkylation sites (N-methyl/N-ethyl adjacent to an activating group) is 1. The standard InChI is InChI=1S/C22H27ClN2O3S/c1-15-6-5-7-16(12-15)21(26)24-19(10-11-29-4)22(27)25(2)14-17-13-18(23)8-9-20(17)28-3/h5-9,12-13,19H,10-11,14H2,1-4H3,(H,24,26). The highest BCUT2D eigenvalue weighted by Gasteiger charge is 2.25. The Morgan fingerprint density at radius 3 is 2.66 bits per heavy atom. The lowest BCUT2D eigenvalue weighted by molar-refractivity contribution is -0.132. The van der Waals surface area contributed by atoms with Crippen molar-refractivity contribution in [3.63, 3.8) is 0 Å². The van der Waals surface area contributed by atoms with Gasteiger partial charge in [0.25, 0.3) is 5.91 Å². The molecule has 0 fully saturated rings. The van der Waals surface area contributed by atoms with E-state index in [4.69, 9.17) is 16.3 Å². The van der Waals surface area contributed by atoms with Crippen LogP contribution in [0.25, 0.3) is 0 Å². The molecule has 2 aromatic carbocycles. The summed E-state index contributed by atoms with van der Waals surface area (Å²) in [6.07, 6.45) is 2.53. The maximum absolute atomic E-state index is 13.1. The molecule has 156 valence electrons. The lowest BCUT2D eigenvalue weighted by Gasteiger charge is -2.25. The second kappa shape index (κ2) is 11.1. The van der Waals surface area contributed by atoms with Crippen LogP contribution in [0.3, 0.4) is 0 Å². The Morgan fingerprint density at radius 1 is 1.24 bits per heavy atom. The molecule has 0 radical (unpaired) electrons. The molecule has 0 spiro atoms. The molecule has 7 heteroatoms. The summed E-state index contributed by atoms with van der Waals surface area (Å²) < 4.78 is 5.37. The summed E-state index contributed by atoms with van der Waals surface area (Å²) in [5.74, 6) is 1.03. The van der Waals surface area contributed by atoms with Crippen molar-refractivity contribution in [2.45, 2.75) is 25.9 Å². The van der Waals surface area contributed by atoms with Crippen LogP contribution >= 0.6 is 23.4 Å². The van der Waals surface area contributed by atoms with Gasteiger partial charge in [0, 0.05) is 29.7 Å². The SMILES string of the molecule is COc1ccc(Cl)cc1CN(C)C(=O)C(CCSC)NC(=O)c1cccc(C)c1.